The van der Waals surface area contributed by atoms with Crippen molar-refractivity contribution < 1.29 is 4.74 Å². The van der Waals surface area contributed by atoms with Gasteiger partial charge in [-0.1, -0.05) is 6.92 Å². The highest BCUT2D eigenvalue weighted by Gasteiger charge is 2.10. The number of nitrogens with zero attached hydrogens (tertiary/aromatic N) is 3. The van der Waals surface area contributed by atoms with E-state index in [2.05, 4.69) is 28.3 Å². The zero-order chi connectivity index (χ0) is 11.8. The minimum Gasteiger partial charge on any atom is -0.383 e. The Labute approximate surface area is 100 Å². The van der Waals surface area contributed by atoms with Gasteiger partial charge in [-0.25, -0.2) is 4.98 Å². The van der Waals surface area contributed by atoms with Crippen LogP contribution in [0.2, 0.25) is 0 Å². The van der Waals surface area contributed by atoms with Gasteiger partial charge in [-0.2, -0.15) is 5.26 Å². The van der Waals surface area contributed by atoms with E-state index in [9.17, 15) is 0 Å². The molecular weight excluding hydrogens is 222 g/mol. The highest BCUT2D eigenvalue weighted by atomic mass is 32.1. The topological polar surface area (TPSA) is 49.2 Å². The third-order valence-corrected chi connectivity index (χ3v) is 3.18. The number of hydrogen-bond donors (Lipinski definition) is 0. The second-order valence-corrected chi connectivity index (χ2v) is 4.20. The lowest BCUT2D eigenvalue weighted by molar-refractivity contribution is 0.205. The number of thiazole rings is 1. The Bertz CT molecular complexity index is 345. The molecule has 0 aliphatic rings. The Morgan fingerprint density at radius 3 is 2.94 bits per heavy atom. The van der Waals surface area contributed by atoms with Crippen molar-refractivity contribution in [1.29, 1.82) is 5.26 Å². The number of aromatic nitrogens is 1. The molecule has 16 heavy (non-hydrogen) atoms. The first kappa shape index (κ1) is 12.9. The highest BCUT2D eigenvalue weighted by molar-refractivity contribution is 7.13. The van der Waals surface area contributed by atoms with Crippen LogP contribution in [-0.4, -0.2) is 31.8 Å². The summed E-state index contributed by atoms with van der Waals surface area (Å²) in [6, 6.07) is 2.16. The van der Waals surface area contributed by atoms with E-state index in [-0.39, 0.29) is 0 Å². The predicted molar refractivity (Wildman–Crippen MR) is 65.8 cm³/mol. The lowest BCUT2D eigenvalue weighted by atomic mass is 10.4. The first-order chi connectivity index (χ1) is 7.81. The van der Waals surface area contributed by atoms with Gasteiger partial charge in [0.2, 0.25) is 0 Å². The smallest absolute Gasteiger partial charge is 0.185 e. The molecule has 0 saturated heterocycles. The van der Waals surface area contributed by atoms with Gasteiger partial charge >= 0.3 is 0 Å². The number of rotatable bonds is 7. The van der Waals surface area contributed by atoms with Crippen LogP contribution in [0.3, 0.4) is 0 Å². The average molecular weight is 239 g/mol. The van der Waals surface area contributed by atoms with Crippen LogP contribution >= 0.6 is 11.3 Å². The summed E-state index contributed by atoms with van der Waals surface area (Å²) in [4.78, 5) is 6.62. The fourth-order valence-electron chi connectivity index (χ4n) is 1.29. The molecule has 0 saturated carbocycles. The highest BCUT2D eigenvalue weighted by Crippen LogP contribution is 2.20. The quantitative estimate of drug-likeness (QED) is 0.731. The summed E-state index contributed by atoms with van der Waals surface area (Å²) >= 11 is 1.63. The number of methoxy groups -OCH3 is 1. The Kier molecular flexibility index (Phi) is 5.83. The molecule has 0 N–H and O–H groups in total. The molecule has 5 heteroatoms. The lowest BCUT2D eigenvalue weighted by Gasteiger charge is -2.19. The second kappa shape index (κ2) is 7.20. The molecule has 0 atom stereocenters. The molecule has 0 radical (unpaired) electrons. The molecule has 0 unspecified atom stereocenters. The summed E-state index contributed by atoms with van der Waals surface area (Å²) in [7, 11) is 1.68. The van der Waals surface area contributed by atoms with Gasteiger partial charge in [0, 0.05) is 25.6 Å². The zero-order valence-corrected chi connectivity index (χ0v) is 10.6. The van der Waals surface area contributed by atoms with Crippen molar-refractivity contribution in [2.24, 2.45) is 0 Å². The van der Waals surface area contributed by atoms with Gasteiger partial charge in [-0.15, -0.1) is 11.3 Å². The van der Waals surface area contributed by atoms with Crippen LogP contribution in [0.5, 0.6) is 0 Å². The van der Waals surface area contributed by atoms with Crippen LogP contribution < -0.4 is 4.90 Å². The average Bonchev–Trinajstić information content (AvgIpc) is 2.78. The molecule has 0 fully saturated rings. The third kappa shape index (κ3) is 3.80. The van der Waals surface area contributed by atoms with E-state index in [1.165, 1.54) is 0 Å². The molecule has 0 aliphatic heterocycles. The number of anilines is 1. The Morgan fingerprint density at radius 2 is 2.38 bits per heavy atom. The summed E-state index contributed by atoms with van der Waals surface area (Å²) in [5.74, 6) is 0. The summed E-state index contributed by atoms with van der Waals surface area (Å²) in [5, 5.41) is 11.7. The SMILES string of the molecule is CCc1csc(N(CCC#N)CCOC)n1. The van der Waals surface area contributed by atoms with Crippen molar-refractivity contribution in [1.82, 2.24) is 4.98 Å². The van der Waals surface area contributed by atoms with Crippen LogP contribution in [-0.2, 0) is 11.2 Å². The molecule has 88 valence electrons. The second-order valence-electron chi connectivity index (χ2n) is 3.36. The molecule has 1 aromatic rings. The molecule has 1 rings (SSSR count). The molecule has 4 nitrogen and oxygen atoms in total. The normalized spacial score (nSPS) is 10.1. The van der Waals surface area contributed by atoms with Gasteiger partial charge in [-0.05, 0) is 6.42 Å². The molecular formula is C11H17N3OS. The van der Waals surface area contributed by atoms with Gasteiger partial charge in [-0.3, -0.25) is 0 Å². The predicted octanol–water partition coefficient (Wildman–Crippen LogP) is 2.07. The van der Waals surface area contributed by atoms with Gasteiger partial charge in [0.15, 0.2) is 5.13 Å². The van der Waals surface area contributed by atoms with Crippen LogP contribution in [0.4, 0.5) is 5.13 Å². The van der Waals surface area contributed by atoms with Gasteiger partial charge in [0.1, 0.15) is 0 Å². The van der Waals surface area contributed by atoms with E-state index < -0.39 is 0 Å². The van der Waals surface area contributed by atoms with E-state index in [0.717, 1.165) is 30.3 Å². The van der Waals surface area contributed by atoms with Crippen LogP contribution in [0, 0.1) is 11.3 Å². The maximum atomic E-state index is 8.61. The molecule has 1 heterocycles. The van der Waals surface area contributed by atoms with Gasteiger partial charge in [0.05, 0.1) is 24.8 Å². The van der Waals surface area contributed by atoms with Crippen molar-refractivity contribution in [3.8, 4) is 6.07 Å². The zero-order valence-electron chi connectivity index (χ0n) is 9.77. The van der Waals surface area contributed by atoms with Crippen molar-refractivity contribution >= 4 is 16.5 Å². The Hall–Kier alpha value is -1.12. The summed E-state index contributed by atoms with van der Waals surface area (Å²) in [6.45, 7) is 4.26. The first-order valence-electron chi connectivity index (χ1n) is 5.37. The standard InChI is InChI=1S/C11H17N3OS/c1-3-10-9-16-11(13-10)14(6-4-5-12)7-8-15-2/h9H,3-4,6-8H2,1-2H3. The van der Waals surface area contributed by atoms with Gasteiger partial charge < -0.3 is 9.64 Å². The number of aryl methyl sites for hydroxylation is 1. The number of hydrogen-bond acceptors (Lipinski definition) is 5. The maximum absolute atomic E-state index is 8.61. The molecule has 0 amide bonds. The first-order valence-corrected chi connectivity index (χ1v) is 6.25. The number of nitriles is 1. The van der Waals surface area contributed by atoms with Crippen LogP contribution in [0.1, 0.15) is 19.0 Å². The molecule has 0 aliphatic carbocycles. The third-order valence-electron chi connectivity index (χ3n) is 2.23. The molecule has 0 bridgehead atoms. The number of ether oxygens (including phenoxy) is 1. The van der Waals surface area contributed by atoms with E-state index >= 15 is 0 Å². The van der Waals surface area contributed by atoms with Crippen molar-refractivity contribution in [3.05, 3.63) is 11.1 Å². The summed E-state index contributed by atoms with van der Waals surface area (Å²) < 4.78 is 5.06. The lowest BCUT2D eigenvalue weighted by Crippen LogP contribution is -2.28. The largest absolute Gasteiger partial charge is 0.383 e. The fourth-order valence-corrected chi connectivity index (χ4v) is 2.26. The Morgan fingerprint density at radius 1 is 1.56 bits per heavy atom. The monoisotopic (exact) mass is 239 g/mol. The van der Waals surface area contributed by atoms with Crippen LogP contribution in [0.25, 0.3) is 0 Å². The summed E-state index contributed by atoms with van der Waals surface area (Å²) in [6.07, 6.45) is 1.47. The van der Waals surface area contributed by atoms with E-state index in [1.54, 1.807) is 18.4 Å². The minimum atomic E-state index is 0.519. The minimum absolute atomic E-state index is 0.519. The van der Waals surface area contributed by atoms with E-state index in [0.29, 0.717) is 13.0 Å². The summed E-state index contributed by atoms with van der Waals surface area (Å²) in [5.41, 5.74) is 1.11. The van der Waals surface area contributed by atoms with E-state index in [4.69, 9.17) is 10.00 Å². The van der Waals surface area contributed by atoms with Crippen LogP contribution in [0.15, 0.2) is 5.38 Å². The Balaban J connectivity index is 2.63. The maximum Gasteiger partial charge on any atom is 0.185 e. The van der Waals surface area contributed by atoms with Gasteiger partial charge in [0.25, 0.3) is 0 Å². The van der Waals surface area contributed by atoms with Crippen molar-refractivity contribution in [2.45, 2.75) is 19.8 Å². The van der Waals surface area contributed by atoms with Crippen molar-refractivity contribution in [2.75, 3.05) is 31.7 Å². The molecule has 1 aromatic heterocycles. The van der Waals surface area contributed by atoms with Crippen molar-refractivity contribution in [3.63, 3.8) is 0 Å². The molecule has 0 spiro atoms. The van der Waals surface area contributed by atoms with E-state index in [1.807, 2.05) is 0 Å². The molecule has 0 aromatic carbocycles. The fraction of sp³-hybridized carbons (Fsp3) is 0.636.